The molecule has 0 saturated heterocycles. The number of anilines is 1. The second-order valence-corrected chi connectivity index (χ2v) is 5.20. The highest BCUT2D eigenvalue weighted by Crippen LogP contribution is 2.17. The zero-order valence-electron chi connectivity index (χ0n) is 9.33. The molecular weight excluding hydrogens is 214 g/mol. The first-order chi connectivity index (χ1) is 6.88. The number of hydrogen-bond donors (Lipinski definition) is 1. The predicted molar refractivity (Wildman–Crippen MR) is 59.1 cm³/mol. The zero-order valence-corrected chi connectivity index (χ0v) is 10.1. The molecule has 0 unspecified atom stereocenters. The molecule has 1 amide bonds. The largest absolute Gasteiger partial charge is 0.449 e. The van der Waals surface area contributed by atoms with E-state index in [1.807, 2.05) is 20.8 Å². The van der Waals surface area contributed by atoms with Gasteiger partial charge in [0.15, 0.2) is 0 Å². The van der Waals surface area contributed by atoms with Gasteiger partial charge < -0.3 is 4.74 Å². The molecule has 0 aliphatic rings. The van der Waals surface area contributed by atoms with Crippen LogP contribution in [0.5, 0.6) is 0 Å². The minimum atomic E-state index is -0.459. The van der Waals surface area contributed by atoms with Crippen molar-refractivity contribution in [3.8, 4) is 0 Å². The summed E-state index contributed by atoms with van der Waals surface area (Å²) < 4.78 is 8.74. The molecule has 0 aromatic carbocycles. The van der Waals surface area contributed by atoms with E-state index in [0.717, 1.165) is 11.5 Å². The number of ether oxygens (including phenoxy) is 1. The Morgan fingerprint density at radius 3 is 2.67 bits per heavy atom. The molecule has 6 heteroatoms. The fourth-order valence-corrected chi connectivity index (χ4v) is 1.30. The summed E-state index contributed by atoms with van der Waals surface area (Å²) in [6, 6.07) is 0. The fourth-order valence-electron chi connectivity index (χ4n) is 0.758. The Kier molecular flexibility index (Phi) is 3.62. The number of aryl methyl sites for hydroxylation is 1. The molecule has 0 fully saturated rings. The number of hydrogen-bond acceptors (Lipinski definition) is 5. The smallest absolute Gasteiger partial charge is 0.412 e. The van der Waals surface area contributed by atoms with Gasteiger partial charge >= 0.3 is 6.09 Å². The van der Waals surface area contributed by atoms with Gasteiger partial charge in [0.1, 0.15) is 5.00 Å². The van der Waals surface area contributed by atoms with Crippen molar-refractivity contribution in [3.63, 3.8) is 0 Å². The molecule has 1 heterocycles. The molecule has 0 aliphatic carbocycles. The van der Waals surface area contributed by atoms with E-state index in [0.29, 0.717) is 17.3 Å². The van der Waals surface area contributed by atoms with Crippen LogP contribution in [0.15, 0.2) is 0 Å². The van der Waals surface area contributed by atoms with Crippen LogP contribution in [0, 0.1) is 12.3 Å². The molecule has 1 N–H and O–H groups in total. The molecule has 0 radical (unpaired) electrons. The Morgan fingerprint density at radius 1 is 1.53 bits per heavy atom. The molecule has 0 aliphatic heterocycles. The van der Waals surface area contributed by atoms with Crippen molar-refractivity contribution in [3.05, 3.63) is 5.69 Å². The predicted octanol–water partition coefficient (Wildman–Crippen LogP) is 2.44. The maximum Gasteiger partial charge on any atom is 0.412 e. The average Bonchev–Trinajstić information content (AvgIpc) is 2.47. The average molecular weight is 229 g/mol. The summed E-state index contributed by atoms with van der Waals surface area (Å²) in [4.78, 5) is 11.3. The lowest BCUT2D eigenvalue weighted by Gasteiger charge is -2.17. The molecule has 1 aromatic heterocycles. The van der Waals surface area contributed by atoms with E-state index < -0.39 is 6.09 Å². The van der Waals surface area contributed by atoms with E-state index in [4.69, 9.17) is 4.74 Å². The van der Waals surface area contributed by atoms with Gasteiger partial charge in [-0.15, -0.1) is 5.10 Å². The SMILES string of the molecule is Cc1nnsc1NC(=O)OCC(C)(C)C. The van der Waals surface area contributed by atoms with Gasteiger partial charge in [-0.25, -0.2) is 4.79 Å². The quantitative estimate of drug-likeness (QED) is 0.846. The summed E-state index contributed by atoms with van der Waals surface area (Å²) in [7, 11) is 0. The van der Waals surface area contributed by atoms with Gasteiger partial charge in [0.25, 0.3) is 0 Å². The van der Waals surface area contributed by atoms with Crippen LogP contribution in [0.2, 0.25) is 0 Å². The van der Waals surface area contributed by atoms with Gasteiger partial charge in [-0.2, -0.15) is 0 Å². The van der Waals surface area contributed by atoms with E-state index >= 15 is 0 Å². The van der Waals surface area contributed by atoms with Crippen LogP contribution in [0.25, 0.3) is 0 Å². The number of rotatable bonds is 2. The van der Waals surface area contributed by atoms with E-state index in [2.05, 4.69) is 14.9 Å². The summed E-state index contributed by atoms with van der Waals surface area (Å²) in [5.41, 5.74) is 0.672. The van der Waals surface area contributed by atoms with Crippen LogP contribution in [-0.4, -0.2) is 22.3 Å². The van der Waals surface area contributed by atoms with Crippen LogP contribution in [0.4, 0.5) is 9.80 Å². The van der Waals surface area contributed by atoms with Crippen LogP contribution in [-0.2, 0) is 4.74 Å². The Morgan fingerprint density at radius 2 is 2.20 bits per heavy atom. The first-order valence-corrected chi connectivity index (χ1v) is 5.38. The van der Waals surface area contributed by atoms with Gasteiger partial charge in [-0.3, -0.25) is 5.32 Å². The number of aromatic nitrogens is 2. The highest BCUT2D eigenvalue weighted by molar-refractivity contribution is 7.10. The Bertz CT molecular complexity index is 343. The zero-order chi connectivity index (χ0) is 11.5. The van der Waals surface area contributed by atoms with Crippen LogP contribution in [0.1, 0.15) is 26.5 Å². The van der Waals surface area contributed by atoms with Crippen LogP contribution >= 0.6 is 11.5 Å². The van der Waals surface area contributed by atoms with Crippen molar-refractivity contribution in [2.45, 2.75) is 27.7 Å². The van der Waals surface area contributed by atoms with Crippen molar-refractivity contribution in [2.24, 2.45) is 5.41 Å². The third-order valence-corrected chi connectivity index (χ3v) is 2.25. The van der Waals surface area contributed by atoms with E-state index in [9.17, 15) is 4.79 Å². The summed E-state index contributed by atoms with van der Waals surface area (Å²) in [5.74, 6) is 0. The summed E-state index contributed by atoms with van der Waals surface area (Å²) in [5, 5.41) is 7.01. The third kappa shape index (κ3) is 4.24. The van der Waals surface area contributed by atoms with Crippen molar-refractivity contribution in [1.82, 2.24) is 9.59 Å². The fraction of sp³-hybridized carbons (Fsp3) is 0.667. The highest BCUT2D eigenvalue weighted by Gasteiger charge is 2.14. The van der Waals surface area contributed by atoms with Crippen molar-refractivity contribution < 1.29 is 9.53 Å². The molecule has 1 rings (SSSR count). The van der Waals surface area contributed by atoms with Gasteiger partial charge in [0.2, 0.25) is 0 Å². The highest BCUT2D eigenvalue weighted by atomic mass is 32.1. The monoisotopic (exact) mass is 229 g/mol. The maximum absolute atomic E-state index is 11.3. The minimum Gasteiger partial charge on any atom is -0.449 e. The Hall–Kier alpha value is -1.17. The van der Waals surface area contributed by atoms with Crippen LogP contribution in [0.3, 0.4) is 0 Å². The molecule has 0 bridgehead atoms. The minimum absolute atomic E-state index is 0.0294. The normalized spacial score (nSPS) is 11.2. The first-order valence-electron chi connectivity index (χ1n) is 4.61. The molecule has 5 nitrogen and oxygen atoms in total. The van der Waals surface area contributed by atoms with Crippen LogP contribution < -0.4 is 5.32 Å². The molecule has 0 atom stereocenters. The van der Waals surface area contributed by atoms with Gasteiger partial charge in [0, 0.05) is 11.5 Å². The third-order valence-electron chi connectivity index (χ3n) is 1.50. The maximum atomic E-state index is 11.3. The summed E-state index contributed by atoms with van der Waals surface area (Å²) >= 11 is 1.14. The van der Waals surface area contributed by atoms with E-state index in [1.54, 1.807) is 6.92 Å². The summed E-state index contributed by atoms with van der Waals surface area (Å²) in [6.45, 7) is 8.16. The topological polar surface area (TPSA) is 64.1 Å². The van der Waals surface area contributed by atoms with E-state index in [1.165, 1.54) is 0 Å². The van der Waals surface area contributed by atoms with E-state index in [-0.39, 0.29) is 5.41 Å². The van der Waals surface area contributed by atoms with Crippen molar-refractivity contribution in [1.29, 1.82) is 0 Å². The number of carbonyl (C=O) groups is 1. The molecule has 15 heavy (non-hydrogen) atoms. The molecule has 1 aromatic rings. The number of nitrogens with zero attached hydrogens (tertiary/aromatic N) is 2. The standard InChI is InChI=1S/C9H15N3O2S/c1-6-7(15-12-11-6)10-8(13)14-5-9(2,3)4/h5H2,1-4H3,(H,10,13). The number of nitrogens with one attached hydrogen (secondary N) is 1. The van der Waals surface area contributed by atoms with Gasteiger partial charge in [-0.1, -0.05) is 25.3 Å². The second kappa shape index (κ2) is 4.57. The Balaban J connectivity index is 2.41. The Labute approximate surface area is 93.0 Å². The lowest BCUT2D eigenvalue weighted by molar-refractivity contribution is 0.118. The summed E-state index contributed by atoms with van der Waals surface area (Å²) in [6.07, 6.45) is -0.459. The molecule has 0 spiro atoms. The first kappa shape index (κ1) is 11.9. The van der Waals surface area contributed by atoms with Crippen molar-refractivity contribution in [2.75, 3.05) is 11.9 Å². The van der Waals surface area contributed by atoms with Gasteiger partial charge in [0.05, 0.1) is 12.3 Å². The molecule has 0 saturated carbocycles. The lowest BCUT2D eigenvalue weighted by Crippen LogP contribution is -2.21. The molecular formula is C9H15N3O2S. The lowest BCUT2D eigenvalue weighted by atomic mass is 9.99. The second-order valence-electron chi connectivity index (χ2n) is 4.45. The van der Waals surface area contributed by atoms with Crippen molar-refractivity contribution >= 4 is 22.6 Å². The molecule has 84 valence electrons. The van der Waals surface area contributed by atoms with Gasteiger partial charge in [-0.05, 0) is 12.3 Å². The number of carbonyl (C=O) groups excluding carboxylic acids is 1. The number of amides is 1.